The fourth-order valence-electron chi connectivity index (χ4n) is 1.34. The third kappa shape index (κ3) is 5.23. The van der Waals surface area contributed by atoms with E-state index >= 15 is 0 Å². The lowest BCUT2D eigenvalue weighted by molar-refractivity contribution is -0.113. The zero-order valence-electron chi connectivity index (χ0n) is 10.9. The van der Waals surface area contributed by atoms with E-state index in [4.69, 9.17) is 10.00 Å². The van der Waals surface area contributed by atoms with Crippen LogP contribution < -0.4 is 4.74 Å². The van der Waals surface area contributed by atoms with Gasteiger partial charge in [0, 0.05) is 12.1 Å². The van der Waals surface area contributed by atoms with Crippen LogP contribution in [-0.2, 0) is 4.79 Å². The van der Waals surface area contributed by atoms with E-state index in [-0.39, 0.29) is 11.4 Å². The van der Waals surface area contributed by atoms with Crippen LogP contribution in [0, 0.1) is 11.3 Å². The van der Waals surface area contributed by atoms with Gasteiger partial charge in [-0.3, -0.25) is 4.79 Å². The number of nitrogens with zero attached hydrogens (tertiary/aromatic N) is 2. The molecule has 1 rings (SSSR count). The number of unbranched alkanes of at least 4 members (excludes halogenated alkanes) is 1. The molecule has 4 nitrogen and oxygen atoms in total. The molecule has 5 heteroatoms. The first-order valence-electron chi connectivity index (χ1n) is 6.00. The van der Waals surface area contributed by atoms with Gasteiger partial charge in [-0.05, 0) is 35.4 Å². The molecule has 100 valence electrons. The van der Waals surface area contributed by atoms with Gasteiger partial charge in [0.05, 0.1) is 17.9 Å². The monoisotopic (exact) mass is 322 g/mol. The van der Waals surface area contributed by atoms with Gasteiger partial charge in [0.15, 0.2) is 5.78 Å². The number of nitriles is 1. The minimum atomic E-state index is -0.280. The molecule has 0 atom stereocenters. The van der Waals surface area contributed by atoms with Crippen molar-refractivity contribution < 1.29 is 9.53 Å². The van der Waals surface area contributed by atoms with Crippen LogP contribution in [0.3, 0.4) is 0 Å². The number of ether oxygens (including phenoxy) is 1. The molecule has 1 heterocycles. The van der Waals surface area contributed by atoms with Crippen molar-refractivity contribution in [1.82, 2.24) is 4.98 Å². The van der Waals surface area contributed by atoms with Crippen LogP contribution in [0.4, 0.5) is 0 Å². The van der Waals surface area contributed by atoms with Crippen LogP contribution in [0.5, 0.6) is 5.75 Å². The molecule has 0 bridgehead atoms. The quantitative estimate of drug-likeness (QED) is 0.348. The molecule has 0 saturated carbocycles. The van der Waals surface area contributed by atoms with Crippen molar-refractivity contribution in [2.75, 3.05) is 6.61 Å². The number of Topliss-reactive ketones (excluding diaryl/α,β-unsaturated/α-hetero) is 1. The van der Waals surface area contributed by atoms with E-state index in [1.54, 1.807) is 12.1 Å². The summed E-state index contributed by atoms with van der Waals surface area (Å²) in [6.45, 7) is 4.08. The van der Waals surface area contributed by atoms with E-state index in [1.165, 1.54) is 13.0 Å². The van der Waals surface area contributed by atoms with Gasteiger partial charge in [0.25, 0.3) is 0 Å². The van der Waals surface area contributed by atoms with Crippen LogP contribution >= 0.6 is 15.9 Å². The van der Waals surface area contributed by atoms with Gasteiger partial charge in [0.1, 0.15) is 16.4 Å². The predicted octanol–water partition coefficient (Wildman–Crippen LogP) is 3.52. The highest BCUT2D eigenvalue weighted by molar-refractivity contribution is 9.10. The normalized spacial score (nSPS) is 10.9. The van der Waals surface area contributed by atoms with E-state index < -0.39 is 0 Å². The van der Waals surface area contributed by atoms with E-state index in [9.17, 15) is 4.79 Å². The Hall–Kier alpha value is -1.67. The van der Waals surface area contributed by atoms with Crippen molar-refractivity contribution in [3.05, 3.63) is 28.0 Å². The van der Waals surface area contributed by atoms with Crippen LogP contribution in [0.1, 0.15) is 32.4 Å². The molecule has 0 amide bonds. The molecule has 0 radical (unpaired) electrons. The zero-order valence-corrected chi connectivity index (χ0v) is 12.5. The number of ketones is 1. The second kappa shape index (κ2) is 7.70. The summed E-state index contributed by atoms with van der Waals surface area (Å²) in [5.74, 6) is 0.389. The molecule has 0 N–H and O–H groups in total. The lowest BCUT2D eigenvalue weighted by atomic mass is 10.1. The van der Waals surface area contributed by atoms with Crippen molar-refractivity contribution >= 4 is 27.8 Å². The molecule has 0 spiro atoms. The highest BCUT2D eigenvalue weighted by Gasteiger charge is 2.05. The van der Waals surface area contributed by atoms with E-state index in [0.717, 1.165) is 12.8 Å². The van der Waals surface area contributed by atoms with Crippen molar-refractivity contribution in [2.45, 2.75) is 26.7 Å². The summed E-state index contributed by atoms with van der Waals surface area (Å²) in [5, 5.41) is 8.86. The molecule has 0 aromatic carbocycles. The highest BCUT2D eigenvalue weighted by Crippen LogP contribution is 2.20. The molecule has 0 aliphatic carbocycles. The zero-order chi connectivity index (χ0) is 14.3. The molecule has 19 heavy (non-hydrogen) atoms. The van der Waals surface area contributed by atoms with Crippen molar-refractivity contribution in [1.29, 1.82) is 5.26 Å². The van der Waals surface area contributed by atoms with Crippen molar-refractivity contribution in [2.24, 2.45) is 0 Å². The van der Waals surface area contributed by atoms with Gasteiger partial charge >= 0.3 is 0 Å². The summed E-state index contributed by atoms with van der Waals surface area (Å²) in [5.41, 5.74) is 0.595. The Balaban J connectivity index is 2.96. The number of carbonyl (C=O) groups excluding carboxylic acids is 1. The van der Waals surface area contributed by atoms with Crippen LogP contribution in [0.25, 0.3) is 6.08 Å². The average molecular weight is 323 g/mol. The van der Waals surface area contributed by atoms with Gasteiger partial charge < -0.3 is 4.74 Å². The molecule has 0 aliphatic heterocycles. The van der Waals surface area contributed by atoms with Crippen molar-refractivity contribution in [3.8, 4) is 11.8 Å². The lowest BCUT2D eigenvalue weighted by Gasteiger charge is -2.06. The Bertz CT molecular complexity index is 533. The van der Waals surface area contributed by atoms with E-state index in [2.05, 4.69) is 27.8 Å². The molecule has 1 aromatic heterocycles. The van der Waals surface area contributed by atoms with E-state index in [1.807, 2.05) is 6.07 Å². The molecule has 0 fully saturated rings. The summed E-state index contributed by atoms with van der Waals surface area (Å²) in [6, 6.07) is 5.32. The van der Waals surface area contributed by atoms with E-state index in [0.29, 0.717) is 22.7 Å². The van der Waals surface area contributed by atoms with Crippen LogP contribution in [0.2, 0.25) is 0 Å². The number of pyridine rings is 1. The summed E-state index contributed by atoms with van der Waals surface area (Å²) >= 11 is 3.28. The number of hydrogen-bond acceptors (Lipinski definition) is 4. The highest BCUT2D eigenvalue weighted by atomic mass is 79.9. The minimum Gasteiger partial charge on any atom is -0.493 e. The Morgan fingerprint density at radius 2 is 2.32 bits per heavy atom. The fourth-order valence-corrected chi connectivity index (χ4v) is 1.78. The van der Waals surface area contributed by atoms with Gasteiger partial charge in [-0.2, -0.15) is 5.26 Å². The van der Waals surface area contributed by atoms with Gasteiger partial charge in [-0.1, -0.05) is 13.3 Å². The van der Waals surface area contributed by atoms with Crippen LogP contribution in [-0.4, -0.2) is 17.4 Å². The number of carbonyl (C=O) groups is 1. The standard InChI is InChI=1S/C14H15BrN2O2/c1-3-4-5-19-13-7-12(17-14(15)8-13)6-11(9-16)10(2)18/h6-8H,3-5H2,1-2H3/b11-6+. The fraction of sp³-hybridized carbons (Fsp3) is 0.357. The largest absolute Gasteiger partial charge is 0.493 e. The van der Waals surface area contributed by atoms with Gasteiger partial charge in [-0.15, -0.1) is 0 Å². The first-order valence-corrected chi connectivity index (χ1v) is 6.79. The Kier molecular flexibility index (Phi) is 6.23. The summed E-state index contributed by atoms with van der Waals surface area (Å²) in [4.78, 5) is 15.4. The predicted molar refractivity (Wildman–Crippen MR) is 76.6 cm³/mol. The van der Waals surface area contributed by atoms with Crippen molar-refractivity contribution in [3.63, 3.8) is 0 Å². The molecular weight excluding hydrogens is 308 g/mol. The first-order chi connectivity index (χ1) is 9.06. The van der Waals surface area contributed by atoms with Gasteiger partial charge in [0.2, 0.25) is 0 Å². The minimum absolute atomic E-state index is 0.0742. The number of halogens is 1. The summed E-state index contributed by atoms with van der Waals surface area (Å²) in [6.07, 6.45) is 3.49. The summed E-state index contributed by atoms with van der Waals surface area (Å²) < 4.78 is 6.18. The second-order valence-electron chi connectivity index (χ2n) is 3.98. The molecule has 1 aromatic rings. The molecule has 0 unspecified atom stereocenters. The maximum absolute atomic E-state index is 11.2. The SMILES string of the molecule is CCCCOc1cc(Br)nc(/C=C(\C#N)C(C)=O)c1. The molecular formula is C14H15BrN2O2. The average Bonchev–Trinajstić information content (AvgIpc) is 2.35. The summed E-state index contributed by atoms with van der Waals surface area (Å²) in [7, 11) is 0. The van der Waals surface area contributed by atoms with Crippen LogP contribution in [0.15, 0.2) is 22.3 Å². The first kappa shape index (κ1) is 15.4. The van der Waals surface area contributed by atoms with Gasteiger partial charge in [-0.25, -0.2) is 4.98 Å². The maximum atomic E-state index is 11.2. The lowest BCUT2D eigenvalue weighted by Crippen LogP contribution is -1.98. The number of aromatic nitrogens is 1. The molecule has 0 saturated heterocycles. The number of rotatable bonds is 6. The maximum Gasteiger partial charge on any atom is 0.170 e. The Morgan fingerprint density at radius 3 is 2.89 bits per heavy atom. The topological polar surface area (TPSA) is 63.0 Å². The number of allylic oxidation sites excluding steroid dienone is 1. The Morgan fingerprint density at radius 1 is 1.58 bits per heavy atom. The number of hydrogen-bond donors (Lipinski definition) is 0. The Labute approximate surface area is 121 Å². The molecule has 0 aliphatic rings. The third-order valence-corrected chi connectivity index (χ3v) is 2.75. The smallest absolute Gasteiger partial charge is 0.170 e. The third-order valence-electron chi connectivity index (χ3n) is 2.35. The second-order valence-corrected chi connectivity index (χ2v) is 4.79.